The van der Waals surface area contributed by atoms with Crippen LogP contribution in [0.4, 0.5) is 0 Å². The molecule has 1 fully saturated rings. The Morgan fingerprint density at radius 3 is 2.86 bits per heavy atom. The predicted molar refractivity (Wildman–Crippen MR) is 81.2 cm³/mol. The molecular formula is C16H23N3O2. The molecule has 0 bridgehead atoms. The van der Waals surface area contributed by atoms with Crippen molar-refractivity contribution in [2.75, 3.05) is 20.8 Å². The van der Waals surface area contributed by atoms with Gasteiger partial charge in [-0.3, -0.25) is 0 Å². The number of hydrogen-bond donors (Lipinski definition) is 0. The average molecular weight is 289 g/mol. The Morgan fingerprint density at radius 1 is 1.33 bits per heavy atom. The van der Waals surface area contributed by atoms with E-state index in [0.29, 0.717) is 17.9 Å². The lowest BCUT2D eigenvalue weighted by molar-refractivity contribution is 0.0111. The van der Waals surface area contributed by atoms with Crippen LogP contribution in [-0.2, 0) is 9.47 Å². The van der Waals surface area contributed by atoms with Gasteiger partial charge in [0.1, 0.15) is 12.0 Å². The molecule has 0 saturated heterocycles. The van der Waals surface area contributed by atoms with Crippen LogP contribution >= 0.6 is 0 Å². The van der Waals surface area contributed by atoms with Crippen molar-refractivity contribution in [3.8, 4) is 0 Å². The highest BCUT2D eigenvalue weighted by atomic mass is 16.5. The number of hydrogen-bond acceptors (Lipinski definition) is 4. The lowest BCUT2D eigenvalue weighted by Gasteiger charge is -2.22. The molecule has 0 amide bonds. The molecule has 1 aliphatic rings. The molecule has 0 spiro atoms. The van der Waals surface area contributed by atoms with Crippen molar-refractivity contribution in [3.63, 3.8) is 0 Å². The van der Waals surface area contributed by atoms with E-state index in [9.17, 15) is 0 Å². The van der Waals surface area contributed by atoms with Crippen LogP contribution in [0.2, 0.25) is 0 Å². The van der Waals surface area contributed by atoms with E-state index in [1.54, 1.807) is 20.5 Å². The van der Waals surface area contributed by atoms with E-state index < -0.39 is 0 Å². The van der Waals surface area contributed by atoms with E-state index >= 15 is 0 Å². The third kappa shape index (κ3) is 2.34. The van der Waals surface area contributed by atoms with Crippen molar-refractivity contribution in [3.05, 3.63) is 24.3 Å². The molecule has 0 N–H and O–H groups in total. The van der Waals surface area contributed by atoms with Gasteiger partial charge in [-0.05, 0) is 19.4 Å². The highest BCUT2D eigenvalue weighted by Gasteiger charge is 2.42. The molecule has 1 saturated carbocycles. The van der Waals surface area contributed by atoms with Crippen LogP contribution in [0.15, 0.2) is 18.6 Å². The van der Waals surface area contributed by atoms with Crippen LogP contribution < -0.4 is 0 Å². The molecule has 2 aromatic rings. The Bertz CT molecular complexity index is 625. The summed E-state index contributed by atoms with van der Waals surface area (Å²) >= 11 is 0. The summed E-state index contributed by atoms with van der Waals surface area (Å²) in [5.41, 5.74) is 2.05. The van der Waals surface area contributed by atoms with Crippen molar-refractivity contribution >= 4 is 11.0 Å². The van der Waals surface area contributed by atoms with E-state index in [-0.39, 0.29) is 6.10 Å². The van der Waals surface area contributed by atoms with Crippen molar-refractivity contribution < 1.29 is 9.47 Å². The van der Waals surface area contributed by atoms with Gasteiger partial charge in [-0.25, -0.2) is 9.97 Å². The standard InChI is InChI=1S/C16H23N3O2/c1-10-14(7-12(8-20-3)15(10)21-4)19-6-5-13-11(2)17-9-18-16(13)19/h5-6,9-10,12,14-15H,7-8H2,1-4H3/t10?,12?,14-,15+/m1/s1. The second-order valence-corrected chi connectivity index (χ2v) is 6.00. The summed E-state index contributed by atoms with van der Waals surface area (Å²) in [5.74, 6) is 0.862. The highest BCUT2D eigenvalue weighted by molar-refractivity contribution is 5.78. The number of aryl methyl sites for hydroxylation is 1. The van der Waals surface area contributed by atoms with Crippen LogP contribution in [0, 0.1) is 18.8 Å². The molecule has 5 heteroatoms. The average Bonchev–Trinajstić information content (AvgIpc) is 3.02. The molecule has 5 nitrogen and oxygen atoms in total. The number of rotatable bonds is 4. The van der Waals surface area contributed by atoms with Crippen molar-refractivity contribution in [1.82, 2.24) is 14.5 Å². The number of methoxy groups -OCH3 is 2. The maximum Gasteiger partial charge on any atom is 0.143 e. The van der Waals surface area contributed by atoms with Crippen LogP contribution in [0.1, 0.15) is 25.1 Å². The van der Waals surface area contributed by atoms with E-state index in [2.05, 4.69) is 33.7 Å². The van der Waals surface area contributed by atoms with Gasteiger partial charge in [0.25, 0.3) is 0 Å². The summed E-state index contributed by atoms with van der Waals surface area (Å²) < 4.78 is 13.4. The van der Waals surface area contributed by atoms with Crippen LogP contribution in [0.3, 0.4) is 0 Å². The third-order valence-electron chi connectivity index (χ3n) is 4.85. The zero-order chi connectivity index (χ0) is 15.0. The Labute approximate surface area is 125 Å². The lowest BCUT2D eigenvalue weighted by atomic mass is 10.0. The topological polar surface area (TPSA) is 49.2 Å². The van der Waals surface area contributed by atoms with Crippen LogP contribution in [-0.4, -0.2) is 41.5 Å². The smallest absolute Gasteiger partial charge is 0.143 e. The molecule has 4 atom stereocenters. The van der Waals surface area contributed by atoms with E-state index in [1.165, 1.54) is 0 Å². The Kier molecular flexibility index (Phi) is 3.95. The summed E-state index contributed by atoms with van der Waals surface area (Å²) in [5, 5.41) is 1.13. The van der Waals surface area contributed by atoms with Gasteiger partial charge in [0.05, 0.1) is 18.4 Å². The maximum absolute atomic E-state index is 5.73. The van der Waals surface area contributed by atoms with Gasteiger partial charge in [-0.2, -0.15) is 0 Å². The molecule has 3 rings (SSSR count). The van der Waals surface area contributed by atoms with Gasteiger partial charge in [-0.15, -0.1) is 0 Å². The van der Waals surface area contributed by atoms with Crippen LogP contribution in [0.5, 0.6) is 0 Å². The Balaban J connectivity index is 1.97. The first kappa shape index (κ1) is 14.5. The van der Waals surface area contributed by atoms with Gasteiger partial charge in [-0.1, -0.05) is 6.92 Å². The van der Waals surface area contributed by atoms with Crippen LogP contribution in [0.25, 0.3) is 11.0 Å². The zero-order valence-corrected chi connectivity index (χ0v) is 13.1. The van der Waals surface area contributed by atoms with Gasteiger partial charge in [0, 0.05) is 43.7 Å². The SMILES string of the molecule is COCC1C[C@@H](n2ccc3c(C)ncnc32)C(C)[C@@H]1OC. The monoisotopic (exact) mass is 289 g/mol. The maximum atomic E-state index is 5.73. The molecule has 0 aromatic carbocycles. The van der Waals surface area contributed by atoms with E-state index in [4.69, 9.17) is 9.47 Å². The first-order chi connectivity index (χ1) is 10.2. The largest absolute Gasteiger partial charge is 0.384 e. The summed E-state index contributed by atoms with van der Waals surface area (Å²) in [6.07, 6.45) is 5.07. The van der Waals surface area contributed by atoms with Crippen molar-refractivity contribution in [1.29, 1.82) is 0 Å². The van der Waals surface area contributed by atoms with E-state index in [1.807, 2.05) is 6.92 Å². The molecule has 2 heterocycles. The van der Waals surface area contributed by atoms with Gasteiger partial charge in [0.2, 0.25) is 0 Å². The molecule has 2 aromatic heterocycles. The summed E-state index contributed by atoms with van der Waals surface area (Å²) in [6, 6.07) is 2.50. The minimum atomic E-state index is 0.232. The molecule has 1 aliphatic carbocycles. The zero-order valence-electron chi connectivity index (χ0n) is 13.1. The second-order valence-electron chi connectivity index (χ2n) is 6.00. The third-order valence-corrected chi connectivity index (χ3v) is 4.85. The molecule has 21 heavy (non-hydrogen) atoms. The quantitative estimate of drug-likeness (QED) is 0.868. The second kappa shape index (κ2) is 5.73. The minimum Gasteiger partial charge on any atom is -0.384 e. The first-order valence-corrected chi connectivity index (χ1v) is 7.47. The van der Waals surface area contributed by atoms with Gasteiger partial charge in [0.15, 0.2) is 0 Å². The fourth-order valence-electron chi connectivity index (χ4n) is 3.82. The molecule has 114 valence electrons. The Morgan fingerprint density at radius 2 is 2.14 bits per heavy atom. The minimum absolute atomic E-state index is 0.232. The molecule has 0 aliphatic heterocycles. The molecular weight excluding hydrogens is 266 g/mol. The number of nitrogens with zero attached hydrogens (tertiary/aromatic N) is 3. The van der Waals surface area contributed by atoms with E-state index in [0.717, 1.165) is 29.8 Å². The Hall–Kier alpha value is -1.46. The number of ether oxygens (including phenoxy) is 2. The first-order valence-electron chi connectivity index (χ1n) is 7.47. The number of aromatic nitrogens is 3. The fourth-order valence-corrected chi connectivity index (χ4v) is 3.82. The van der Waals surface area contributed by atoms with Crippen molar-refractivity contribution in [2.24, 2.45) is 11.8 Å². The van der Waals surface area contributed by atoms with Crippen molar-refractivity contribution in [2.45, 2.75) is 32.4 Å². The fraction of sp³-hybridized carbons (Fsp3) is 0.625. The summed E-state index contributed by atoms with van der Waals surface area (Å²) in [7, 11) is 3.55. The summed E-state index contributed by atoms with van der Waals surface area (Å²) in [4.78, 5) is 8.76. The van der Waals surface area contributed by atoms with Gasteiger partial charge >= 0.3 is 0 Å². The molecule has 0 radical (unpaired) electrons. The normalized spacial score (nSPS) is 29.3. The predicted octanol–water partition coefficient (Wildman–Crippen LogP) is 2.60. The summed E-state index contributed by atoms with van der Waals surface area (Å²) in [6.45, 7) is 5.03. The lowest BCUT2D eigenvalue weighted by Crippen LogP contribution is -2.26. The highest BCUT2D eigenvalue weighted by Crippen LogP contribution is 2.42. The number of fused-ring (bicyclic) bond motifs is 1. The molecule has 2 unspecified atom stereocenters. The van der Waals surface area contributed by atoms with Gasteiger partial charge < -0.3 is 14.0 Å².